The molecule has 1 N–H and O–H groups in total. The normalized spacial score (nSPS) is 10.6. The Hall–Kier alpha value is -2.95. The van der Waals surface area contributed by atoms with Gasteiger partial charge < -0.3 is 5.32 Å². The highest BCUT2D eigenvalue weighted by Crippen LogP contribution is 2.22. The number of nitrogens with zero attached hydrogens (tertiary/aromatic N) is 2. The first kappa shape index (κ1) is 15.0. The first-order valence-electron chi connectivity index (χ1n) is 7.21. The third kappa shape index (κ3) is 3.13. The van der Waals surface area contributed by atoms with Gasteiger partial charge in [0.15, 0.2) is 0 Å². The SMILES string of the molecule is Cc1ccc(NC(=O)c2cc(-c3ccccc3F)nn2C)cc1. The number of amides is 1. The number of halogens is 1. The summed E-state index contributed by atoms with van der Waals surface area (Å²) >= 11 is 0. The lowest BCUT2D eigenvalue weighted by Crippen LogP contribution is -2.15. The third-order valence-electron chi connectivity index (χ3n) is 3.57. The molecule has 0 aliphatic heterocycles. The lowest BCUT2D eigenvalue weighted by molar-refractivity contribution is 0.101. The van der Waals surface area contributed by atoms with Crippen LogP contribution in [0.15, 0.2) is 54.6 Å². The Morgan fingerprint density at radius 2 is 1.83 bits per heavy atom. The van der Waals surface area contributed by atoms with Gasteiger partial charge in [0.05, 0.1) is 5.69 Å². The van der Waals surface area contributed by atoms with Gasteiger partial charge in [-0.3, -0.25) is 9.48 Å². The fourth-order valence-electron chi connectivity index (χ4n) is 2.31. The van der Waals surface area contributed by atoms with E-state index in [1.807, 2.05) is 31.2 Å². The average Bonchev–Trinajstić information content (AvgIpc) is 2.92. The average molecular weight is 309 g/mol. The molecule has 116 valence electrons. The number of anilines is 1. The van der Waals surface area contributed by atoms with Gasteiger partial charge in [0.2, 0.25) is 0 Å². The van der Waals surface area contributed by atoms with Gasteiger partial charge in [-0.25, -0.2) is 4.39 Å². The highest BCUT2D eigenvalue weighted by molar-refractivity contribution is 6.03. The van der Waals surface area contributed by atoms with E-state index < -0.39 is 0 Å². The van der Waals surface area contributed by atoms with Crippen molar-refractivity contribution < 1.29 is 9.18 Å². The summed E-state index contributed by atoms with van der Waals surface area (Å²) in [6.07, 6.45) is 0. The topological polar surface area (TPSA) is 46.9 Å². The summed E-state index contributed by atoms with van der Waals surface area (Å²) in [6.45, 7) is 1.98. The summed E-state index contributed by atoms with van der Waals surface area (Å²) in [7, 11) is 1.66. The quantitative estimate of drug-likeness (QED) is 0.800. The zero-order valence-electron chi connectivity index (χ0n) is 12.9. The zero-order valence-corrected chi connectivity index (χ0v) is 12.9. The van der Waals surface area contributed by atoms with E-state index in [0.29, 0.717) is 22.6 Å². The summed E-state index contributed by atoms with van der Waals surface area (Å²) in [5, 5.41) is 7.05. The lowest BCUT2D eigenvalue weighted by atomic mass is 10.1. The Bertz CT molecular complexity index is 853. The van der Waals surface area contributed by atoms with E-state index in [1.165, 1.54) is 10.7 Å². The summed E-state index contributed by atoms with van der Waals surface area (Å²) in [6, 6.07) is 15.5. The van der Waals surface area contributed by atoms with Gasteiger partial charge in [-0.05, 0) is 37.3 Å². The van der Waals surface area contributed by atoms with Crippen molar-refractivity contribution in [3.05, 3.63) is 71.7 Å². The molecule has 0 aliphatic carbocycles. The van der Waals surface area contributed by atoms with Crippen molar-refractivity contribution in [2.75, 3.05) is 5.32 Å². The molecule has 5 heteroatoms. The van der Waals surface area contributed by atoms with E-state index in [1.54, 1.807) is 31.3 Å². The van der Waals surface area contributed by atoms with Crippen LogP contribution in [0.25, 0.3) is 11.3 Å². The predicted octanol–water partition coefficient (Wildman–Crippen LogP) is 3.79. The van der Waals surface area contributed by atoms with Gasteiger partial charge in [0.1, 0.15) is 11.5 Å². The minimum atomic E-state index is -0.365. The first-order valence-corrected chi connectivity index (χ1v) is 7.21. The Morgan fingerprint density at radius 1 is 1.13 bits per heavy atom. The van der Waals surface area contributed by atoms with E-state index in [2.05, 4.69) is 10.4 Å². The van der Waals surface area contributed by atoms with E-state index in [9.17, 15) is 9.18 Å². The van der Waals surface area contributed by atoms with Crippen LogP contribution in [0.5, 0.6) is 0 Å². The summed E-state index contributed by atoms with van der Waals surface area (Å²) in [5.41, 5.74) is 2.99. The van der Waals surface area contributed by atoms with Crippen LogP contribution in [0.3, 0.4) is 0 Å². The van der Waals surface area contributed by atoms with Crippen molar-refractivity contribution in [2.45, 2.75) is 6.92 Å². The largest absolute Gasteiger partial charge is 0.321 e. The molecular weight excluding hydrogens is 293 g/mol. The van der Waals surface area contributed by atoms with Crippen LogP contribution >= 0.6 is 0 Å². The number of aromatic nitrogens is 2. The molecule has 0 radical (unpaired) electrons. The molecule has 23 heavy (non-hydrogen) atoms. The smallest absolute Gasteiger partial charge is 0.273 e. The summed E-state index contributed by atoms with van der Waals surface area (Å²) in [5.74, 6) is -0.650. The Labute approximate surface area is 133 Å². The first-order chi connectivity index (χ1) is 11.0. The Balaban J connectivity index is 1.87. The fourth-order valence-corrected chi connectivity index (χ4v) is 2.31. The highest BCUT2D eigenvalue weighted by Gasteiger charge is 2.16. The fraction of sp³-hybridized carbons (Fsp3) is 0.111. The lowest BCUT2D eigenvalue weighted by Gasteiger charge is -2.05. The molecule has 0 spiro atoms. The maximum absolute atomic E-state index is 13.9. The molecule has 1 aromatic heterocycles. The Kier molecular flexibility index (Phi) is 3.93. The molecule has 4 nitrogen and oxygen atoms in total. The predicted molar refractivity (Wildman–Crippen MR) is 87.7 cm³/mol. The maximum atomic E-state index is 13.9. The van der Waals surface area contributed by atoms with Gasteiger partial charge >= 0.3 is 0 Å². The summed E-state index contributed by atoms with van der Waals surface area (Å²) in [4.78, 5) is 12.4. The molecule has 1 amide bonds. The van der Waals surface area contributed by atoms with E-state index >= 15 is 0 Å². The molecular formula is C18H16FN3O. The maximum Gasteiger partial charge on any atom is 0.273 e. The van der Waals surface area contributed by atoms with Crippen LogP contribution in [-0.4, -0.2) is 15.7 Å². The van der Waals surface area contributed by atoms with Gasteiger partial charge in [0, 0.05) is 18.3 Å². The summed E-state index contributed by atoms with van der Waals surface area (Å²) < 4.78 is 15.3. The second kappa shape index (κ2) is 6.04. The van der Waals surface area contributed by atoms with Crippen molar-refractivity contribution in [2.24, 2.45) is 7.05 Å². The molecule has 3 aromatic rings. The standard InChI is InChI=1S/C18H16FN3O/c1-12-7-9-13(10-8-12)20-18(23)17-11-16(21-22(17)2)14-5-3-4-6-15(14)19/h3-11H,1-2H3,(H,20,23). The number of nitrogens with one attached hydrogen (secondary N) is 1. The molecule has 1 heterocycles. The van der Waals surface area contributed by atoms with Crippen molar-refractivity contribution in [1.29, 1.82) is 0 Å². The molecule has 0 saturated carbocycles. The number of carbonyl (C=O) groups excluding carboxylic acids is 1. The number of carbonyl (C=O) groups is 1. The van der Waals surface area contributed by atoms with Crippen LogP contribution in [0.1, 0.15) is 16.1 Å². The zero-order chi connectivity index (χ0) is 16.4. The van der Waals surface area contributed by atoms with E-state index in [-0.39, 0.29) is 11.7 Å². The van der Waals surface area contributed by atoms with Crippen LogP contribution in [-0.2, 0) is 7.05 Å². The second-order valence-electron chi connectivity index (χ2n) is 5.34. The number of hydrogen-bond donors (Lipinski definition) is 1. The van der Waals surface area contributed by atoms with Crippen molar-refractivity contribution >= 4 is 11.6 Å². The minimum Gasteiger partial charge on any atom is -0.321 e. The molecule has 0 fully saturated rings. The van der Waals surface area contributed by atoms with E-state index in [4.69, 9.17) is 0 Å². The van der Waals surface area contributed by atoms with Crippen LogP contribution in [0, 0.1) is 12.7 Å². The van der Waals surface area contributed by atoms with Gasteiger partial charge in [-0.15, -0.1) is 0 Å². The molecule has 0 aliphatic rings. The number of hydrogen-bond acceptors (Lipinski definition) is 2. The molecule has 2 aromatic carbocycles. The van der Waals surface area contributed by atoms with Crippen molar-refractivity contribution in [1.82, 2.24) is 9.78 Å². The third-order valence-corrected chi connectivity index (χ3v) is 3.57. The highest BCUT2D eigenvalue weighted by atomic mass is 19.1. The minimum absolute atomic E-state index is 0.286. The molecule has 0 unspecified atom stereocenters. The van der Waals surface area contributed by atoms with Gasteiger partial charge in [-0.1, -0.05) is 29.8 Å². The molecule has 3 rings (SSSR count). The van der Waals surface area contributed by atoms with Crippen LogP contribution in [0.2, 0.25) is 0 Å². The van der Waals surface area contributed by atoms with Crippen molar-refractivity contribution in [3.8, 4) is 11.3 Å². The van der Waals surface area contributed by atoms with Gasteiger partial charge in [-0.2, -0.15) is 5.10 Å². The van der Waals surface area contributed by atoms with Crippen LogP contribution in [0.4, 0.5) is 10.1 Å². The van der Waals surface area contributed by atoms with Crippen LogP contribution < -0.4 is 5.32 Å². The molecule has 0 atom stereocenters. The van der Waals surface area contributed by atoms with Gasteiger partial charge in [0.25, 0.3) is 5.91 Å². The van der Waals surface area contributed by atoms with Crippen molar-refractivity contribution in [3.63, 3.8) is 0 Å². The number of rotatable bonds is 3. The van der Waals surface area contributed by atoms with E-state index in [0.717, 1.165) is 5.56 Å². The molecule has 0 saturated heterocycles. The molecule has 0 bridgehead atoms. The number of benzene rings is 2. The monoisotopic (exact) mass is 309 g/mol. The second-order valence-corrected chi connectivity index (χ2v) is 5.34. The number of aryl methyl sites for hydroxylation is 2. The Morgan fingerprint density at radius 3 is 2.52 bits per heavy atom.